The van der Waals surface area contributed by atoms with Crippen molar-refractivity contribution >= 4 is 11.5 Å². The van der Waals surface area contributed by atoms with E-state index in [9.17, 15) is 18.3 Å². The number of aromatic nitrogens is 2. The Morgan fingerprint density at radius 1 is 1.04 bits per heavy atom. The quantitative estimate of drug-likeness (QED) is 0.735. The summed E-state index contributed by atoms with van der Waals surface area (Å²) in [5.41, 5.74) is 3.16. The number of benzene rings is 2. The predicted octanol–water partition coefficient (Wildman–Crippen LogP) is 4.44. The van der Waals surface area contributed by atoms with Crippen LogP contribution < -0.4 is 9.64 Å². The van der Waals surface area contributed by atoms with Crippen molar-refractivity contribution in [2.75, 3.05) is 11.4 Å². The van der Waals surface area contributed by atoms with Gasteiger partial charge in [0.05, 0.1) is 5.69 Å². The van der Waals surface area contributed by atoms with Gasteiger partial charge in [-0.05, 0) is 42.8 Å². The first-order chi connectivity index (χ1) is 12.9. The Labute approximate surface area is 152 Å². The summed E-state index contributed by atoms with van der Waals surface area (Å²) in [5.74, 6) is 0.580. The molecule has 0 saturated heterocycles. The van der Waals surface area contributed by atoms with Crippen molar-refractivity contribution < 1.29 is 23.0 Å². The first-order valence-electron chi connectivity index (χ1n) is 8.17. The first-order valence-corrected chi connectivity index (χ1v) is 8.17. The Morgan fingerprint density at radius 3 is 2.52 bits per heavy atom. The van der Waals surface area contributed by atoms with Crippen LogP contribution in [0.15, 0.2) is 54.9 Å². The molecule has 0 atom stereocenters. The van der Waals surface area contributed by atoms with Gasteiger partial charge in [-0.3, -0.25) is 0 Å². The summed E-state index contributed by atoms with van der Waals surface area (Å²) in [7, 11) is 0. The minimum absolute atomic E-state index is 0.148. The van der Waals surface area contributed by atoms with Gasteiger partial charge < -0.3 is 14.7 Å². The Bertz CT molecular complexity index is 975. The van der Waals surface area contributed by atoms with E-state index in [1.807, 2.05) is 11.0 Å². The van der Waals surface area contributed by atoms with Gasteiger partial charge in [-0.1, -0.05) is 12.1 Å². The summed E-state index contributed by atoms with van der Waals surface area (Å²) in [6.07, 6.45) is -2.59. The maximum atomic E-state index is 12.3. The van der Waals surface area contributed by atoms with Crippen LogP contribution in [0.4, 0.5) is 24.7 Å². The van der Waals surface area contributed by atoms with Crippen molar-refractivity contribution in [2.24, 2.45) is 0 Å². The van der Waals surface area contributed by atoms with E-state index in [4.69, 9.17) is 0 Å². The van der Waals surface area contributed by atoms with E-state index in [1.54, 1.807) is 30.3 Å². The van der Waals surface area contributed by atoms with Crippen LogP contribution in [0.5, 0.6) is 11.5 Å². The van der Waals surface area contributed by atoms with Crippen LogP contribution in [0, 0.1) is 0 Å². The summed E-state index contributed by atoms with van der Waals surface area (Å²) in [6.45, 7) is 0.624. The van der Waals surface area contributed by atoms with Crippen LogP contribution in [0.1, 0.15) is 5.56 Å². The molecule has 0 spiro atoms. The second kappa shape index (κ2) is 6.46. The van der Waals surface area contributed by atoms with Gasteiger partial charge in [-0.15, -0.1) is 13.2 Å². The highest BCUT2D eigenvalue weighted by Crippen LogP contribution is 2.38. The fourth-order valence-corrected chi connectivity index (χ4v) is 3.18. The molecule has 1 N–H and O–H groups in total. The highest BCUT2D eigenvalue weighted by atomic mass is 19.4. The fourth-order valence-electron chi connectivity index (χ4n) is 3.18. The number of aromatic hydroxyl groups is 1. The molecule has 138 valence electrons. The minimum atomic E-state index is -4.72. The number of phenols is 1. The summed E-state index contributed by atoms with van der Waals surface area (Å²) in [5, 5.41) is 9.71. The van der Waals surface area contributed by atoms with E-state index < -0.39 is 6.36 Å². The average molecular weight is 373 g/mol. The van der Waals surface area contributed by atoms with Gasteiger partial charge in [0.15, 0.2) is 0 Å². The maximum absolute atomic E-state index is 12.3. The van der Waals surface area contributed by atoms with Crippen LogP contribution >= 0.6 is 0 Å². The predicted molar refractivity (Wildman–Crippen MR) is 93.0 cm³/mol. The van der Waals surface area contributed by atoms with Crippen molar-refractivity contribution in [2.45, 2.75) is 12.8 Å². The number of rotatable bonds is 3. The average Bonchev–Trinajstić information content (AvgIpc) is 3.05. The van der Waals surface area contributed by atoms with Crippen LogP contribution in [0.2, 0.25) is 0 Å². The molecule has 3 aromatic rings. The second-order valence-corrected chi connectivity index (χ2v) is 6.02. The van der Waals surface area contributed by atoms with Gasteiger partial charge in [0, 0.05) is 23.4 Å². The third kappa shape index (κ3) is 3.51. The van der Waals surface area contributed by atoms with Crippen molar-refractivity contribution in [1.82, 2.24) is 9.97 Å². The molecule has 1 aliphatic heterocycles. The molecule has 2 heterocycles. The van der Waals surface area contributed by atoms with Gasteiger partial charge in [-0.2, -0.15) is 0 Å². The highest BCUT2D eigenvalue weighted by molar-refractivity contribution is 5.75. The Kier molecular flexibility index (Phi) is 4.10. The van der Waals surface area contributed by atoms with E-state index in [0.717, 1.165) is 16.8 Å². The van der Waals surface area contributed by atoms with E-state index in [2.05, 4.69) is 14.7 Å². The molecule has 2 aromatic carbocycles. The summed E-state index contributed by atoms with van der Waals surface area (Å²) in [4.78, 5) is 10.6. The maximum Gasteiger partial charge on any atom is 0.573 e. The van der Waals surface area contributed by atoms with E-state index >= 15 is 0 Å². The zero-order valence-electron chi connectivity index (χ0n) is 13.9. The topological polar surface area (TPSA) is 58.5 Å². The molecule has 0 bridgehead atoms. The summed E-state index contributed by atoms with van der Waals surface area (Å²) in [6, 6.07) is 12.5. The van der Waals surface area contributed by atoms with Crippen LogP contribution in [0.25, 0.3) is 11.3 Å². The molecule has 0 amide bonds. The molecule has 1 aromatic heterocycles. The second-order valence-electron chi connectivity index (χ2n) is 6.02. The fraction of sp³-hybridized carbons (Fsp3) is 0.158. The largest absolute Gasteiger partial charge is 0.573 e. The molecule has 8 heteroatoms. The van der Waals surface area contributed by atoms with Crippen molar-refractivity contribution in [3.63, 3.8) is 0 Å². The van der Waals surface area contributed by atoms with Gasteiger partial charge >= 0.3 is 6.36 Å². The highest BCUT2D eigenvalue weighted by Gasteiger charge is 2.31. The van der Waals surface area contributed by atoms with Crippen molar-refractivity contribution in [3.8, 4) is 22.8 Å². The number of anilines is 2. The lowest BCUT2D eigenvalue weighted by molar-refractivity contribution is -0.274. The number of halogens is 3. The number of fused-ring (bicyclic) bond motifs is 1. The molecule has 0 radical (unpaired) electrons. The molecule has 0 fully saturated rings. The number of hydrogen-bond acceptors (Lipinski definition) is 5. The number of phenolic OH excluding ortho intramolecular Hbond substituents is 1. The Morgan fingerprint density at radius 2 is 1.81 bits per heavy atom. The van der Waals surface area contributed by atoms with E-state index in [1.165, 1.54) is 18.5 Å². The Hall–Kier alpha value is -3.29. The molecular formula is C19H14F3N3O2. The molecule has 0 unspecified atom stereocenters. The third-order valence-corrected chi connectivity index (χ3v) is 4.27. The van der Waals surface area contributed by atoms with Gasteiger partial charge in [0.25, 0.3) is 0 Å². The van der Waals surface area contributed by atoms with Gasteiger partial charge in [-0.25, -0.2) is 9.97 Å². The van der Waals surface area contributed by atoms with Crippen LogP contribution in [-0.4, -0.2) is 28.0 Å². The first kappa shape index (κ1) is 17.1. The van der Waals surface area contributed by atoms with E-state index in [0.29, 0.717) is 24.5 Å². The minimum Gasteiger partial charge on any atom is -0.508 e. The van der Waals surface area contributed by atoms with Crippen molar-refractivity contribution in [1.29, 1.82) is 0 Å². The number of hydrogen-bond donors (Lipinski definition) is 1. The Balaban J connectivity index is 1.65. The summed E-state index contributed by atoms with van der Waals surface area (Å²) < 4.78 is 40.8. The zero-order valence-corrected chi connectivity index (χ0v) is 13.9. The molecular weight excluding hydrogens is 359 g/mol. The molecule has 5 nitrogen and oxygen atoms in total. The lowest BCUT2D eigenvalue weighted by Gasteiger charge is -2.19. The van der Waals surface area contributed by atoms with Gasteiger partial charge in [0.2, 0.25) is 0 Å². The molecule has 27 heavy (non-hydrogen) atoms. The molecule has 1 aliphatic rings. The standard InChI is InChI=1S/C19H14F3N3O2/c20-19(21,22)27-15-6-4-13(5-7-15)25-9-8-16-17(23-11-24-18(16)25)12-2-1-3-14(26)10-12/h1-7,10-11,26H,8-9H2. The molecule has 0 aliphatic carbocycles. The molecule has 4 rings (SSSR count). The number of alkyl halides is 3. The normalized spacial score (nSPS) is 13.5. The van der Waals surface area contributed by atoms with Crippen LogP contribution in [0.3, 0.4) is 0 Å². The van der Waals surface area contributed by atoms with Gasteiger partial charge in [0.1, 0.15) is 23.6 Å². The third-order valence-electron chi connectivity index (χ3n) is 4.27. The number of ether oxygens (including phenoxy) is 1. The van der Waals surface area contributed by atoms with E-state index in [-0.39, 0.29) is 11.5 Å². The zero-order chi connectivity index (χ0) is 19.0. The summed E-state index contributed by atoms with van der Waals surface area (Å²) >= 11 is 0. The monoisotopic (exact) mass is 373 g/mol. The smallest absolute Gasteiger partial charge is 0.508 e. The SMILES string of the molecule is Oc1cccc(-c2ncnc3c2CCN3c2ccc(OC(F)(F)F)cc2)c1. The number of nitrogens with zero attached hydrogens (tertiary/aromatic N) is 3. The lowest BCUT2D eigenvalue weighted by Crippen LogP contribution is -2.17. The lowest BCUT2D eigenvalue weighted by atomic mass is 10.1. The van der Waals surface area contributed by atoms with Crippen molar-refractivity contribution in [3.05, 3.63) is 60.4 Å². The van der Waals surface area contributed by atoms with Crippen LogP contribution in [-0.2, 0) is 6.42 Å². The molecule has 0 saturated carbocycles.